The normalized spacial score (nSPS) is 21.5. The van der Waals surface area contributed by atoms with E-state index in [9.17, 15) is 4.21 Å². The van der Waals surface area contributed by atoms with Gasteiger partial charge in [-0.1, -0.05) is 24.6 Å². The molecule has 1 N–H and O–H groups in total. The van der Waals surface area contributed by atoms with Gasteiger partial charge in [-0.2, -0.15) is 0 Å². The molecule has 1 aromatic carbocycles. The Hall–Kier alpha value is -1.08. The number of hydrogen-bond acceptors (Lipinski definition) is 3. The molecule has 126 valence electrons. The van der Waals surface area contributed by atoms with Crippen LogP contribution in [-0.4, -0.2) is 33.1 Å². The zero-order valence-electron chi connectivity index (χ0n) is 14.6. The Kier molecular flexibility index (Phi) is 6.04. The first-order valence-corrected chi connectivity index (χ1v) is 9.49. The summed E-state index contributed by atoms with van der Waals surface area (Å²) in [6, 6.07) is 7.78. The van der Waals surface area contributed by atoms with Crippen molar-refractivity contribution in [2.45, 2.75) is 36.1 Å². The number of methoxy groups -OCH3 is 1. The molecule has 5 nitrogen and oxygen atoms in total. The number of allylic oxidation sites excluding steroid dienone is 1. The Morgan fingerprint density at radius 2 is 2.16 bits per heavy atom. The fourth-order valence-corrected chi connectivity index (χ4v) is 4.93. The van der Waals surface area contributed by atoms with Crippen LogP contribution in [0.25, 0.3) is 16.4 Å². The Balaban J connectivity index is 0.00000182. The van der Waals surface area contributed by atoms with E-state index in [1.54, 1.807) is 7.11 Å². The summed E-state index contributed by atoms with van der Waals surface area (Å²) in [7, 11) is 0.442. The predicted molar refractivity (Wildman–Crippen MR) is 95.1 cm³/mol. The van der Waals surface area contributed by atoms with Crippen LogP contribution in [0.3, 0.4) is 0 Å². The van der Waals surface area contributed by atoms with Crippen LogP contribution >= 0.6 is 0 Å². The summed E-state index contributed by atoms with van der Waals surface area (Å²) < 4.78 is 18.8. The van der Waals surface area contributed by atoms with Crippen LogP contribution in [0.15, 0.2) is 52.5 Å². The van der Waals surface area contributed by atoms with Gasteiger partial charge in [0.15, 0.2) is 5.16 Å². The molecular formula is C18H20N3NaO2S. The zero-order chi connectivity index (χ0) is 16.5. The van der Waals surface area contributed by atoms with Gasteiger partial charge in [-0.3, -0.25) is 4.21 Å². The molecule has 0 saturated heterocycles. The number of H-pyrrole nitrogens is 1. The van der Waals surface area contributed by atoms with Crippen LogP contribution in [0.5, 0.6) is 0 Å². The van der Waals surface area contributed by atoms with E-state index >= 15 is 0 Å². The van der Waals surface area contributed by atoms with Crippen LogP contribution in [-0.2, 0) is 15.5 Å². The molecule has 4 rings (SSSR count). The molecule has 7 heteroatoms. The molecule has 2 aromatic rings. The molecule has 2 atom stereocenters. The Bertz CT molecular complexity index is 826. The summed E-state index contributed by atoms with van der Waals surface area (Å²) in [5.41, 5.74) is 3.84. The number of para-hydroxylation sites is 2. The monoisotopic (exact) mass is 365 g/mol. The van der Waals surface area contributed by atoms with Crippen molar-refractivity contribution >= 4 is 21.8 Å². The Labute approximate surface area is 172 Å². The van der Waals surface area contributed by atoms with Crippen LogP contribution in [0.2, 0.25) is 0 Å². The maximum Gasteiger partial charge on any atom is 1.00 e. The van der Waals surface area contributed by atoms with Crippen LogP contribution < -0.4 is 29.6 Å². The number of aromatic amines is 1. The Morgan fingerprint density at radius 3 is 2.96 bits per heavy atom. The molecule has 25 heavy (non-hydrogen) atoms. The van der Waals surface area contributed by atoms with Gasteiger partial charge in [0.2, 0.25) is 0 Å². The minimum Gasteiger partial charge on any atom is -0.683 e. The van der Waals surface area contributed by atoms with E-state index in [1.807, 2.05) is 30.3 Å². The molecule has 0 bridgehead atoms. The largest absolute Gasteiger partial charge is 1.00 e. The minimum atomic E-state index is -1.25. The van der Waals surface area contributed by atoms with Gasteiger partial charge in [0.25, 0.3) is 0 Å². The zero-order valence-corrected chi connectivity index (χ0v) is 17.4. The van der Waals surface area contributed by atoms with Gasteiger partial charge >= 0.3 is 29.6 Å². The number of aromatic nitrogens is 2. The number of fused-ring (bicyclic) bond motifs is 1. The number of hydrogen-bond donors (Lipinski definition) is 1. The maximum atomic E-state index is 13.2. The maximum absolute atomic E-state index is 13.2. The molecular weight excluding hydrogens is 345 g/mol. The number of ether oxygens (including phenoxy) is 1. The molecule has 1 aliphatic carbocycles. The summed E-state index contributed by atoms with van der Waals surface area (Å²) >= 11 is 0. The number of imidazole rings is 1. The molecule has 0 radical (unpaired) electrons. The topological polar surface area (TPSA) is 69.1 Å². The summed E-state index contributed by atoms with van der Waals surface area (Å²) in [6.07, 6.45) is 5.92. The van der Waals surface area contributed by atoms with E-state index in [4.69, 9.17) is 4.74 Å². The number of nitrogens with zero attached hydrogens (tertiary/aromatic N) is 2. The summed E-state index contributed by atoms with van der Waals surface area (Å²) in [6.45, 7) is 0.593. The van der Waals surface area contributed by atoms with Gasteiger partial charge in [-0.25, -0.2) is 4.98 Å². The first kappa shape index (κ1) is 18.7. The van der Waals surface area contributed by atoms with Crippen molar-refractivity contribution in [2.24, 2.45) is 0 Å². The van der Waals surface area contributed by atoms with Crippen LogP contribution in [0.4, 0.5) is 0 Å². The van der Waals surface area contributed by atoms with E-state index in [1.165, 1.54) is 0 Å². The van der Waals surface area contributed by atoms with Gasteiger partial charge in [-0.05, 0) is 37.0 Å². The summed E-state index contributed by atoms with van der Waals surface area (Å²) in [4.78, 5) is 7.74. The second-order valence-electron chi connectivity index (χ2n) is 6.07. The van der Waals surface area contributed by atoms with Crippen molar-refractivity contribution < 1.29 is 38.5 Å². The third kappa shape index (κ3) is 3.58. The minimum absolute atomic E-state index is 0. The number of nitrogens with one attached hydrogen (secondary N) is 1. The van der Waals surface area contributed by atoms with Gasteiger partial charge < -0.3 is 15.0 Å². The van der Waals surface area contributed by atoms with Gasteiger partial charge in [0.1, 0.15) is 5.76 Å². The quantitative estimate of drug-likeness (QED) is 0.818. The Morgan fingerprint density at radius 1 is 1.32 bits per heavy atom. The number of benzene rings is 1. The standard InChI is InChI=1S/C18H20N3O2S.Na/c1-23-15-10-11-19-17-12(15)6-2-5-9-16(17)24(22)18-20-13-7-3-4-8-14(13)21-18;/h3-4,7-8,10,16H,2,5-6,9,11H2,1H3,(H,20,21);/q-1;+1. The number of rotatable bonds is 3. The molecule has 1 aliphatic heterocycles. The first-order valence-electron chi connectivity index (χ1n) is 8.28. The van der Waals surface area contributed by atoms with Gasteiger partial charge in [0.05, 0.1) is 28.9 Å². The molecule has 2 unspecified atom stereocenters. The van der Waals surface area contributed by atoms with E-state index in [0.29, 0.717) is 11.7 Å². The molecule has 0 spiro atoms. The fourth-order valence-electron chi connectivity index (χ4n) is 3.46. The molecule has 1 aromatic heterocycles. The molecule has 2 heterocycles. The van der Waals surface area contributed by atoms with E-state index in [-0.39, 0.29) is 34.8 Å². The van der Waals surface area contributed by atoms with Crippen molar-refractivity contribution in [1.29, 1.82) is 0 Å². The third-order valence-electron chi connectivity index (χ3n) is 4.63. The van der Waals surface area contributed by atoms with Crippen molar-refractivity contribution in [3.63, 3.8) is 0 Å². The predicted octanol–water partition coefficient (Wildman–Crippen LogP) is 0.789. The second kappa shape index (κ2) is 8.08. The van der Waals surface area contributed by atoms with Gasteiger partial charge in [-0.15, -0.1) is 12.2 Å². The van der Waals surface area contributed by atoms with E-state index < -0.39 is 10.8 Å². The van der Waals surface area contributed by atoms with E-state index in [0.717, 1.165) is 53.7 Å². The second-order valence-corrected chi connectivity index (χ2v) is 7.62. The van der Waals surface area contributed by atoms with Gasteiger partial charge in [0, 0.05) is 5.25 Å². The molecule has 0 fully saturated rings. The summed E-state index contributed by atoms with van der Waals surface area (Å²) in [5.74, 6) is 0.897. The van der Waals surface area contributed by atoms with Crippen molar-refractivity contribution in [3.8, 4) is 0 Å². The summed E-state index contributed by atoms with van der Waals surface area (Å²) in [5, 5.41) is 5.10. The smallest absolute Gasteiger partial charge is 0.683 e. The molecule has 0 saturated carbocycles. The average Bonchev–Trinajstić information content (AvgIpc) is 2.93. The SMILES string of the molecule is COC1=CC[N-]C2=C1CCCCC2S(=O)c1nc2ccccc2[nH]1.[Na+]. The van der Waals surface area contributed by atoms with E-state index in [2.05, 4.69) is 15.3 Å². The van der Waals surface area contributed by atoms with Crippen molar-refractivity contribution in [1.82, 2.24) is 9.97 Å². The molecule has 0 amide bonds. The first-order chi connectivity index (χ1) is 11.8. The third-order valence-corrected chi connectivity index (χ3v) is 6.18. The fraction of sp³-hybridized carbons (Fsp3) is 0.389. The van der Waals surface area contributed by atoms with Crippen LogP contribution in [0.1, 0.15) is 25.7 Å². The molecule has 2 aliphatic rings. The van der Waals surface area contributed by atoms with Crippen molar-refractivity contribution in [3.05, 3.63) is 52.7 Å². The average molecular weight is 365 g/mol. The van der Waals surface area contributed by atoms with Crippen molar-refractivity contribution in [2.75, 3.05) is 13.7 Å². The van der Waals surface area contributed by atoms with Crippen LogP contribution in [0, 0.1) is 0 Å².